The summed E-state index contributed by atoms with van der Waals surface area (Å²) in [6.45, 7) is 13.3. The predicted molar refractivity (Wildman–Crippen MR) is 287 cm³/mol. The summed E-state index contributed by atoms with van der Waals surface area (Å²) in [6.07, 6.45) is 0. The predicted octanol–water partition coefficient (Wildman–Crippen LogP) is 17.2. The fourth-order valence-corrected chi connectivity index (χ4v) is 10.1. The van der Waals surface area contributed by atoms with Crippen LogP contribution in [0.1, 0.15) is 84.0 Å². The first-order valence-corrected chi connectivity index (χ1v) is 23.6. The van der Waals surface area contributed by atoms with Crippen molar-refractivity contribution < 1.29 is 0 Å². The minimum Gasteiger partial charge on any atom is -0.310 e. The fraction of sp³-hybridized carbons (Fsp3) is 0.125. The molecule has 0 atom stereocenters. The van der Waals surface area contributed by atoms with Crippen LogP contribution in [0.5, 0.6) is 0 Å². The molecule has 10 aromatic rings. The van der Waals surface area contributed by atoms with Crippen molar-refractivity contribution in [3.63, 3.8) is 0 Å². The van der Waals surface area contributed by atoms with E-state index in [0.29, 0.717) is 22.3 Å². The molecule has 10 rings (SSSR count). The van der Waals surface area contributed by atoms with Gasteiger partial charge in [-0.3, -0.25) is 0 Å². The lowest BCUT2D eigenvalue weighted by atomic mass is 9.84. The molecule has 334 valence electrons. The minimum atomic E-state index is 0.156. The molecular weight excluding hydrogens is 853 g/mol. The molecule has 0 spiro atoms. The van der Waals surface area contributed by atoms with Crippen molar-refractivity contribution in [2.24, 2.45) is 0 Å². The molecule has 70 heavy (non-hydrogen) atoms. The topological polar surface area (TPSA) is 102 Å². The highest BCUT2D eigenvalue weighted by Crippen LogP contribution is 2.52. The Balaban J connectivity index is 1.30. The maximum absolute atomic E-state index is 10.3. The summed E-state index contributed by atoms with van der Waals surface area (Å²) in [4.78, 5) is 4.64. The van der Waals surface area contributed by atoms with Crippen LogP contribution in [0.3, 0.4) is 0 Å². The van der Waals surface area contributed by atoms with Crippen molar-refractivity contribution in [2.75, 3.05) is 9.80 Å². The minimum absolute atomic E-state index is 0.156. The second-order valence-electron chi connectivity index (χ2n) is 18.7. The van der Waals surface area contributed by atoms with E-state index < -0.39 is 0 Å². The van der Waals surface area contributed by atoms with E-state index in [1.165, 1.54) is 21.9 Å². The highest BCUT2D eigenvalue weighted by atomic mass is 15.2. The Hall–Kier alpha value is -9.20. The number of rotatable bonds is 10. The quantitative estimate of drug-likeness (QED) is 0.127. The molecule has 0 aliphatic carbocycles. The number of nitrogens with zero attached hydrogens (tertiary/aromatic N) is 6. The van der Waals surface area contributed by atoms with Gasteiger partial charge in [-0.2, -0.15) is 21.0 Å². The molecular formula is C64H48N6. The average molecular weight is 901 g/mol. The largest absolute Gasteiger partial charge is 0.310 e. The molecule has 0 unspecified atom stereocenters. The molecule has 10 aromatic carbocycles. The molecule has 0 bridgehead atoms. The molecule has 0 aromatic heterocycles. The highest BCUT2D eigenvalue weighted by molar-refractivity contribution is 6.29. The maximum Gasteiger partial charge on any atom is 0.0992 e. The van der Waals surface area contributed by atoms with Gasteiger partial charge in [-0.05, 0) is 177 Å². The van der Waals surface area contributed by atoms with Crippen LogP contribution in [-0.2, 0) is 0 Å². The molecule has 0 saturated carbocycles. The number of anilines is 6. The van der Waals surface area contributed by atoms with Crippen LogP contribution in [0.15, 0.2) is 170 Å². The van der Waals surface area contributed by atoms with Gasteiger partial charge in [-0.1, -0.05) is 113 Å². The van der Waals surface area contributed by atoms with E-state index in [0.717, 1.165) is 89.0 Å². The fourth-order valence-electron chi connectivity index (χ4n) is 10.1. The molecule has 0 heterocycles. The van der Waals surface area contributed by atoms with Crippen molar-refractivity contribution in [3.8, 4) is 46.5 Å². The van der Waals surface area contributed by atoms with E-state index >= 15 is 0 Å². The van der Waals surface area contributed by atoms with Crippen molar-refractivity contribution in [3.05, 3.63) is 214 Å². The average Bonchev–Trinajstić information content (AvgIpc) is 3.39. The maximum atomic E-state index is 10.3. The molecule has 0 saturated heterocycles. The first-order valence-electron chi connectivity index (χ1n) is 23.6. The number of hydrogen-bond acceptors (Lipinski definition) is 6. The van der Waals surface area contributed by atoms with Crippen LogP contribution in [0, 0.1) is 59.2 Å². The number of hydrogen-bond donors (Lipinski definition) is 0. The van der Waals surface area contributed by atoms with Gasteiger partial charge in [0, 0.05) is 33.5 Å². The van der Waals surface area contributed by atoms with Crippen molar-refractivity contribution >= 4 is 66.4 Å². The van der Waals surface area contributed by atoms with Gasteiger partial charge in [0.1, 0.15) is 0 Å². The number of nitriles is 4. The monoisotopic (exact) mass is 900 g/mol. The van der Waals surface area contributed by atoms with Crippen molar-refractivity contribution in [1.82, 2.24) is 0 Å². The van der Waals surface area contributed by atoms with Gasteiger partial charge in [-0.25, -0.2) is 0 Å². The van der Waals surface area contributed by atoms with Gasteiger partial charge in [0.15, 0.2) is 0 Å². The molecule has 0 aliphatic rings. The second-order valence-corrected chi connectivity index (χ2v) is 18.7. The molecule has 0 N–H and O–H groups in total. The molecule has 0 radical (unpaired) electrons. The van der Waals surface area contributed by atoms with Crippen LogP contribution >= 0.6 is 0 Å². The van der Waals surface area contributed by atoms with Crippen LogP contribution < -0.4 is 9.80 Å². The second kappa shape index (κ2) is 18.1. The van der Waals surface area contributed by atoms with Gasteiger partial charge in [0.25, 0.3) is 0 Å². The standard InChI is InChI=1S/C64H48N6/c1-39(2)57-33-61(69(51-11-7-9-45(29-51)37-67)59-31-49(19-13-41(59)5)47-21-15-43(35-65)16-22-47)55-28-26-54-58(40(3)4)34-62(56-27-25-53(57)63(55)64(54)56)70(52-12-8-10-46(30-52)38-68)60-32-50(20-14-42(60)6)48-23-17-44(36-66)18-24-48/h7-34,39-40H,1-6H3. The molecule has 0 amide bonds. The lowest BCUT2D eigenvalue weighted by molar-refractivity contribution is 0.875. The van der Waals surface area contributed by atoms with E-state index in [1.54, 1.807) is 0 Å². The number of benzene rings is 10. The summed E-state index contributed by atoms with van der Waals surface area (Å²) in [7, 11) is 0. The van der Waals surface area contributed by atoms with Crippen LogP contribution in [0.25, 0.3) is 54.6 Å². The normalized spacial score (nSPS) is 11.2. The van der Waals surface area contributed by atoms with E-state index in [2.05, 4.69) is 161 Å². The summed E-state index contributed by atoms with van der Waals surface area (Å²) < 4.78 is 0. The Morgan fingerprint density at radius 1 is 0.343 bits per heavy atom. The zero-order chi connectivity index (χ0) is 48.8. The lowest BCUT2D eigenvalue weighted by Gasteiger charge is -2.33. The zero-order valence-corrected chi connectivity index (χ0v) is 40.0. The van der Waals surface area contributed by atoms with Gasteiger partial charge in [0.2, 0.25) is 0 Å². The van der Waals surface area contributed by atoms with Gasteiger partial charge in [-0.15, -0.1) is 0 Å². The van der Waals surface area contributed by atoms with E-state index in [4.69, 9.17) is 0 Å². The first kappa shape index (κ1) is 44.6. The summed E-state index contributed by atoms with van der Waals surface area (Å²) in [5.74, 6) is 0.312. The van der Waals surface area contributed by atoms with E-state index in [1.807, 2.05) is 84.9 Å². The Morgan fingerprint density at radius 2 is 0.700 bits per heavy atom. The highest BCUT2D eigenvalue weighted by Gasteiger charge is 2.27. The third kappa shape index (κ3) is 7.79. The van der Waals surface area contributed by atoms with Crippen LogP contribution in [0.2, 0.25) is 0 Å². The Labute approximate surface area is 409 Å². The summed E-state index contributed by atoms with van der Waals surface area (Å²) in [6, 6.07) is 67.3. The Morgan fingerprint density at radius 3 is 1.06 bits per heavy atom. The zero-order valence-electron chi connectivity index (χ0n) is 40.0. The van der Waals surface area contributed by atoms with Crippen LogP contribution in [0.4, 0.5) is 34.1 Å². The molecule has 6 heteroatoms. The van der Waals surface area contributed by atoms with Crippen molar-refractivity contribution in [1.29, 1.82) is 21.0 Å². The Bertz CT molecular complexity index is 3600. The van der Waals surface area contributed by atoms with Crippen molar-refractivity contribution in [2.45, 2.75) is 53.4 Å². The van der Waals surface area contributed by atoms with Gasteiger partial charge in [0.05, 0.1) is 57.9 Å². The first-order chi connectivity index (χ1) is 34.0. The summed E-state index contributed by atoms with van der Waals surface area (Å²) in [5, 5.41) is 46.6. The third-order valence-corrected chi connectivity index (χ3v) is 13.7. The molecule has 0 aliphatic heterocycles. The SMILES string of the molecule is Cc1ccc(-c2ccc(C#N)cc2)cc1N(c1cccc(C#N)c1)c1cc(C(C)C)c2ccc3c(N(c4cccc(C#N)c4)c4cc(-c5ccc(C#N)cc5)ccc4C)cc(C(C)C)c4ccc1c2c43. The van der Waals surface area contributed by atoms with Gasteiger partial charge < -0.3 is 9.80 Å². The summed E-state index contributed by atoms with van der Waals surface area (Å²) in [5.41, 5.74) is 16.6. The number of aryl methyl sites for hydroxylation is 2. The Kier molecular flexibility index (Phi) is 11.6. The van der Waals surface area contributed by atoms with E-state index in [-0.39, 0.29) is 11.8 Å². The van der Waals surface area contributed by atoms with E-state index in [9.17, 15) is 21.0 Å². The third-order valence-electron chi connectivity index (χ3n) is 13.7. The lowest BCUT2D eigenvalue weighted by Crippen LogP contribution is -2.14. The smallest absolute Gasteiger partial charge is 0.0992 e. The van der Waals surface area contributed by atoms with Gasteiger partial charge >= 0.3 is 0 Å². The molecule has 0 fully saturated rings. The molecule has 6 nitrogen and oxygen atoms in total. The van der Waals surface area contributed by atoms with Crippen LogP contribution in [-0.4, -0.2) is 0 Å². The summed E-state index contributed by atoms with van der Waals surface area (Å²) >= 11 is 0.